The second kappa shape index (κ2) is 10.3. The number of rotatable bonds is 9. The molecule has 0 spiro atoms. The average Bonchev–Trinajstić information content (AvgIpc) is 2.53. The summed E-state index contributed by atoms with van der Waals surface area (Å²) in [5.41, 5.74) is 2.62. The van der Waals surface area contributed by atoms with Crippen LogP contribution < -0.4 is 10.6 Å². The van der Waals surface area contributed by atoms with E-state index in [-0.39, 0.29) is 11.8 Å². The molecule has 0 aliphatic rings. The predicted molar refractivity (Wildman–Crippen MR) is 102 cm³/mol. The summed E-state index contributed by atoms with van der Waals surface area (Å²) < 4.78 is 22.5. The van der Waals surface area contributed by atoms with E-state index in [4.69, 9.17) is 0 Å². The molecule has 0 heterocycles. The van der Waals surface area contributed by atoms with Gasteiger partial charge in [0.1, 0.15) is 9.84 Å². The van der Waals surface area contributed by atoms with Crippen molar-refractivity contribution in [2.75, 3.05) is 25.1 Å². The van der Waals surface area contributed by atoms with Crippen LogP contribution >= 0.6 is 0 Å². The zero-order valence-electron chi connectivity index (χ0n) is 15.3. The van der Waals surface area contributed by atoms with Crippen LogP contribution in [0.15, 0.2) is 29.3 Å². The van der Waals surface area contributed by atoms with E-state index in [0.717, 1.165) is 25.3 Å². The van der Waals surface area contributed by atoms with E-state index >= 15 is 0 Å². The summed E-state index contributed by atoms with van der Waals surface area (Å²) in [6.07, 6.45) is 3.78. The fourth-order valence-corrected chi connectivity index (χ4v) is 3.04. The zero-order chi connectivity index (χ0) is 18.0. The van der Waals surface area contributed by atoms with Gasteiger partial charge in [-0.2, -0.15) is 0 Å². The topological polar surface area (TPSA) is 70.6 Å². The first-order valence-corrected chi connectivity index (χ1v) is 10.7. The largest absolute Gasteiger partial charge is 0.357 e. The second-order valence-electron chi connectivity index (χ2n) is 6.14. The molecule has 0 fully saturated rings. The Morgan fingerprint density at radius 2 is 1.79 bits per heavy atom. The third-order valence-electron chi connectivity index (χ3n) is 3.75. The minimum atomic E-state index is -2.93. The molecule has 1 aromatic carbocycles. The average molecular weight is 354 g/mol. The van der Waals surface area contributed by atoms with E-state index in [9.17, 15) is 8.42 Å². The van der Waals surface area contributed by atoms with Crippen LogP contribution in [0.5, 0.6) is 0 Å². The number of nitrogens with zero attached hydrogens (tertiary/aromatic N) is 1. The Hall–Kier alpha value is -1.56. The molecule has 0 radical (unpaired) electrons. The SMILES string of the molecule is CCNC(=NCCc1ccc(CC)cc1)NC(C)CCS(C)(=O)=O. The molecule has 136 valence electrons. The number of sulfone groups is 1. The van der Waals surface area contributed by atoms with Gasteiger partial charge in [0.05, 0.1) is 5.75 Å². The van der Waals surface area contributed by atoms with Crippen LogP contribution in [0.2, 0.25) is 0 Å². The third kappa shape index (κ3) is 8.91. The Morgan fingerprint density at radius 1 is 1.17 bits per heavy atom. The molecular weight excluding hydrogens is 322 g/mol. The molecule has 0 saturated heterocycles. The molecule has 0 aliphatic carbocycles. The molecular formula is C18H31N3O2S. The number of benzene rings is 1. The van der Waals surface area contributed by atoms with Gasteiger partial charge in [0.2, 0.25) is 0 Å². The van der Waals surface area contributed by atoms with E-state index in [1.165, 1.54) is 17.4 Å². The van der Waals surface area contributed by atoms with Gasteiger partial charge >= 0.3 is 0 Å². The minimum absolute atomic E-state index is 0.0568. The molecule has 2 N–H and O–H groups in total. The van der Waals surface area contributed by atoms with Crippen molar-refractivity contribution in [3.63, 3.8) is 0 Å². The molecule has 24 heavy (non-hydrogen) atoms. The van der Waals surface area contributed by atoms with Crippen molar-refractivity contribution in [1.29, 1.82) is 0 Å². The number of aliphatic imine (C=N–C) groups is 1. The number of guanidine groups is 1. The maximum absolute atomic E-state index is 11.2. The molecule has 0 bridgehead atoms. The number of hydrogen-bond donors (Lipinski definition) is 2. The first-order chi connectivity index (χ1) is 11.3. The molecule has 5 nitrogen and oxygen atoms in total. The highest BCUT2D eigenvalue weighted by Crippen LogP contribution is 2.05. The van der Waals surface area contributed by atoms with Gasteiger partial charge < -0.3 is 10.6 Å². The second-order valence-corrected chi connectivity index (χ2v) is 8.40. The Kier molecular flexibility index (Phi) is 8.82. The lowest BCUT2D eigenvalue weighted by Gasteiger charge is -2.17. The molecule has 0 saturated carbocycles. The van der Waals surface area contributed by atoms with Crippen LogP contribution in [0.1, 0.15) is 38.3 Å². The Balaban J connectivity index is 2.51. The summed E-state index contributed by atoms with van der Waals surface area (Å²) in [6.45, 7) is 7.61. The molecule has 1 rings (SSSR count). The number of nitrogens with one attached hydrogen (secondary N) is 2. The monoisotopic (exact) mass is 353 g/mol. The van der Waals surface area contributed by atoms with E-state index < -0.39 is 9.84 Å². The molecule has 0 aliphatic heterocycles. The molecule has 1 unspecified atom stereocenters. The Morgan fingerprint density at radius 3 is 2.33 bits per heavy atom. The van der Waals surface area contributed by atoms with Crippen molar-refractivity contribution in [1.82, 2.24) is 10.6 Å². The van der Waals surface area contributed by atoms with Crippen LogP contribution in [-0.4, -0.2) is 45.5 Å². The molecule has 0 aromatic heterocycles. The van der Waals surface area contributed by atoms with Crippen molar-refractivity contribution < 1.29 is 8.42 Å². The van der Waals surface area contributed by atoms with Gasteiger partial charge in [-0.3, -0.25) is 4.99 Å². The lowest BCUT2D eigenvalue weighted by Crippen LogP contribution is -2.43. The fourth-order valence-electron chi connectivity index (χ4n) is 2.25. The van der Waals surface area contributed by atoms with Gasteiger partial charge in [-0.25, -0.2) is 8.42 Å². The molecule has 1 aromatic rings. The quantitative estimate of drug-likeness (QED) is 0.527. The molecule has 1 atom stereocenters. The van der Waals surface area contributed by atoms with Gasteiger partial charge in [-0.05, 0) is 44.2 Å². The van der Waals surface area contributed by atoms with Crippen LogP contribution in [0.4, 0.5) is 0 Å². The lowest BCUT2D eigenvalue weighted by molar-refractivity contribution is 0.581. The van der Waals surface area contributed by atoms with E-state index in [1.807, 2.05) is 13.8 Å². The highest BCUT2D eigenvalue weighted by molar-refractivity contribution is 7.90. The minimum Gasteiger partial charge on any atom is -0.357 e. The summed E-state index contributed by atoms with van der Waals surface area (Å²) in [5.74, 6) is 0.924. The summed E-state index contributed by atoms with van der Waals surface area (Å²) in [6, 6.07) is 8.69. The maximum atomic E-state index is 11.2. The zero-order valence-corrected chi connectivity index (χ0v) is 16.1. The Labute approximate surface area is 146 Å². The van der Waals surface area contributed by atoms with Crippen LogP contribution in [0.3, 0.4) is 0 Å². The summed E-state index contributed by atoms with van der Waals surface area (Å²) in [4.78, 5) is 4.58. The predicted octanol–water partition coefficient (Wildman–Crippen LogP) is 2.17. The third-order valence-corrected chi connectivity index (χ3v) is 4.73. The van der Waals surface area contributed by atoms with Crippen molar-refractivity contribution in [2.24, 2.45) is 4.99 Å². The van der Waals surface area contributed by atoms with Crippen LogP contribution in [0, 0.1) is 0 Å². The summed E-state index contributed by atoms with van der Waals surface area (Å²) >= 11 is 0. The van der Waals surface area contributed by atoms with Crippen molar-refractivity contribution in [2.45, 2.75) is 46.1 Å². The lowest BCUT2D eigenvalue weighted by atomic mass is 10.1. The summed E-state index contributed by atoms with van der Waals surface area (Å²) in [5, 5.41) is 6.47. The van der Waals surface area contributed by atoms with Crippen molar-refractivity contribution >= 4 is 15.8 Å². The maximum Gasteiger partial charge on any atom is 0.191 e. The van der Waals surface area contributed by atoms with Crippen molar-refractivity contribution in [3.05, 3.63) is 35.4 Å². The highest BCUT2D eigenvalue weighted by atomic mass is 32.2. The fraction of sp³-hybridized carbons (Fsp3) is 0.611. The molecule has 6 heteroatoms. The van der Waals surface area contributed by atoms with E-state index in [2.05, 4.69) is 46.8 Å². The normalized spacial score (nSPS) is 13.6. The standard InChI is InChI=1S/C18H31N3O2S/c1-5-16-7-9-17(10-8-16)11-13-20-18(19-6-2)21-15(3)12-14-24(4,22)23/h7-10,15H,5-6,11-14H2,1-4H3,(H2,19,20,21). The Bertz CT molecular complexity index is 610. The van der Waals surface area contributed by atoms with Crippen LogP contribution in [0.25, 0.3) is 0 Å². The summed E-state index contributed by atoms with van der Waals surface area (Å²) in [7, 11) is -2.93. The van der Waals surface area contributed by atoms with Gasteiger partial charge in [-0.15, -0.1) is 0 Å². The van der Waals surface area contributed by atoms with E-state index in [0.29, 0.717) is 13.0 Å². The van der Waals surface area contributed by atoms with Gasteiger partial charge in [0, 0.05) is 25.4 Å². The smallest absolute Gasteiger partial charge is 0.191 e. The first-order valence-electron chi connectivity index (χ1n) is 8.64. The number of hydrogen-bond acceptors (Lipinski definition) is 3. The highest BCUT2D eigenvalue weighted by Gasteiger charge is 2.09. The van der Waals surface area contributed by atoms with Crippen molar-refractivity contribution in [3.8, 4) is 0 Å². The van der Waals surface area contributed by atoms with E-state index in [1.54, 1.807) is 0 Å². The number of aryl methyl sites for hydroxylation is 1. The first kappa shape index (κ1) is 20.5. The van der Waals surface area contributed by atoms with Gasteiger partial charge in [-0.1, -0.05) is 31.2 Å². The van der Waals surface area contributed by atoms with Gasteiger partial charge in [0.25, 0.3) is 0 Å². The van der Waals surface area contributed by atoms with Gasteiger partial charge in [0.15, 0.2) is 5.96 Å². The molecule has 0 amide bonds. The van der Waals surface area contributed by atoms with Crippen LogP contribution in [-0.2, 0) is 22.7 Å².